The number of nitrogens with zero attached hydrogens (tertiary/aromatic N) is 5. The van der Waals surface area contributed by atoms with Gasteiger partial charge in [-0.25, -0.2) is 13.2 Å². The Kier molecular flexibility index (Phi) is 8.20. The van der Waals surface area contributed by atoms with Gasteiger partial charge in [0.2, 0.25) is 0 Å². The van der Waals surface area contributed by atoms with Crippen LogP contribution in [-0.4, -0.2) is 77.0 Å². The molecule has 8 nitrogen and oxygen atoms in total. The molecule has 3 fully saturated rings. The van der Waals surface area contributed by atoms with Crippen molar-refractivity contribution in [3.63, 3.8) is 0 Å². The summed E-state index contributed by atoms with van der Waals surface area (Å²) < 4.78 is 58.7. The fourth-order valence-electron chi connectivity index (χ4n) is 8.35. The predicted octanol–water partition coefficient (Wildman–Crippen LogP) is 6.92. The number of piperidine rings is 2. The second-order valence-electron chi connectivity index (χ2n) is 13.4. The molecule has 2 aromatic heterocycles. The zero-order valence-electron chi connectivity index (χ0n) is 27.2. The lowest BCUT2D eigenvalue weighted by Gasteiger charge is -2.44. The number of ether oxygens (including phenoxy) is 2. The van der Waals surface area contributed by atoms with Crippen LogP contribution in [0.1, 0.15) is 50.5 Å². The van der Waals surface area contributed by atoms with Gasteiger partial charge in [-0.2, -0.15) is 9.97 Å². The van der Waals surface area contributed by atoms with Crippen LogP contribution in [0, 0.1) is 29.4 Å². The minimum absolute atomic E-state index is 0.00871. The van der Waals surface area contributed by atoms with Crippen molar-refractivity contribution < 1.29 is 27.8 Å². The molecule has 7 rings (SSSR count). The van der Waals surface area contributed by atoms with Crippen LogP contribution >= 0.6 is 0 Å². The first-order chi connectivity index (χ1) is 23.1. The van der Waals surface area contributed by atoms with Crippen LogP contribution in [0.2, 0.25) is 0 Å². The summed E-state index contributed by atoms with van der Waals surface area (Å²) in [5, 5.41) is 11.5. The van der Waals surface area contributed by atoms with E-state index >= 15 is 4.39 Å². The van der Waals surface area contributed by atoms with Crippen molar-refractivity contribution in [2.75, 3.05) is 45.3 Å². The largest absolute Gasteiger partial charge is 0.508 e. The molecule has 0 bridgehead atoms. The van der Waals surface area contributed by atoms with Gasteiger partial charge in [-0.05, 0) is 75.7 Å². The average molecular weight is 658 g/mol. The fourth-order valence-corrected chi connectivity index (χ4v) is 8.35. The van der Waals surface area contributed by atoms with E-state index in [0.717, 1.165) is 38.6 Å². The second-order valence-corrected chi connectivity index (χ2v) is 13.4. The lowest BCUT2D eigenvalue weighted by Crippen LogP contribution is -2.50. The van der Waals surface area contributed by atoms with Crippen LogP contribution in [0.3, 0.4) is 0 Å². The molecule has 3 unspecified atom stereocenters. The number of anilines is 1. The standard InChI is InChI=1S/C37H38F3N5O3/c1-5-25-28(39)11-10-23-17-24(46)18-26(30(23)25)32-31(40)33-27(19-41-32)34(45-16-8-14-37(20-45,47-4)22(2)38)43-35(42-33)48-21-36-12-6-9-29(36)44(3)15-7-13-36/h1,10-11,17-19,29,46H,2,6-9,12-16,20-21H2,3-4H3. The van der Waals surface area contributed by atoms with E-state index in [9.17, 15) is 13.9 Å². The van der Waals surface area contributed by atoms with E-state index in [1.165, 1.54) is 37.6 Å². The molecule has 2 aromatic carbocycles. The quantitative estimate of drug-likeness (QED) is 0.215. The summed E-state index contributed by atoms with van der Waals surface area (Å²) in [6.07, 6.45) is 13.4. The molecule has 4 aromatic rings. The Bertz CT molecular complexity index is 1980. The smallest absolute Gasteiger partial charge is 0.319 e. The van der Waals surface area contributed by atoms with Crippen molar-refractivity contribution in [3.8, 4) is 35.4 Å². The maximum atomic E-state index is 16.9. The van der Waals surface area contributed by atoms with Gasteiger partial charge < -0.3 is 24.4 Å². The number of hydrogen-bond acceptors (Lipinski definition) is 8. The number of hydrogen-bond donors (Lipinski definition) is 1. The zero-order valence-corrected chi connectivity index (χ0v) is 27.2. The normalized spacial score (nSPS) is 24.5. The molecular formula is C37H38F3N5O3. The number of halogens is 3. The van der Waals surface area contributed by atoms with Gasteiger partial charge in [0.25, 0.3) is 0 Å². The molecule has 3 aliphatic rings. The molecule has 250 valence electrons. The third kappa shape index (κ3) is 5.22. The zero-order chi connectivity index (χ0) is 33.8. The lowest BCUT2D eigenvalue weighted by molar-refractivity contribution is -0.00615. The summed E-state index contributed by atoms with van der Waals surface area (Å²) in [5.74, 6) is 0.448. The highest BCUT2D eigenvalue weighted by molar-refractivity contribution is 6.03. The Labute approximate surface area is 277 Å². The number of terminal acetylenes is 1. The Morgan fingerprint density at radius 1 is 1.15 bits per heavy atom. The number of aromatic nitrogens is 3. The molecule has 1 saturated carbocycles. The Balaban J connectivity index is 1.39. The SMILES string of the molecule is C#Cc1c(F)ccc2cc(O)cc(-c3ncc4c(N5CCCC(OC)(C(=C)F)C5)nc(OCC56CCCC5N(C)CCC6)nc4c3F)c12. The maximum absolute atomic E-state index is 16.9. The van der Waals surface area contributed by atoms with E-state index in [1.54, 1.807) is 0 Å². The topological polar surface area (TPSA) is 83.8 Å². The van der Waals surface area contributed by atoms with Gasteiger partial charge in [-0.1, -0.05) is 25.0 Å². The number of phenols is 1. The number of methoxy groups -OCH3 is 1. The first-order valence-corrected chi connectivity index (χ1v) is 16.4. The Hall–Kier alpha value is -4.40. The summed E-state index contributed by atoms with van der Waals surface area (Å²) >= 11 is 0. The van der Waals surface area contributed by atoms with Crippen molar-refractivity contribution >= 4 is 27.5 Å². The van der Waals surface area contributed by atoms with Crippen LogP contribution in [0.25, 0.3) is 32.9 Å². The highest BCUT2D eigenvalue weighted by Crippen LogP contribution is 2.48. The van der Waals surface area contributed by atoms with Crippen LogP contribution in [0.5, 0.6) is 11.8 Å². The second kappa shape index (κ2) is 12.2. The molecule has 0 amide bonds. The highest BCUT2D eigenvalue weighted by atomic mass is 19.1. The van der Waals surface area contributed by atoms with E-state index in [1.807, 2.05) is 4.90 Å². The van der Waals surface area contributed by atoms with Crippen molar-refractivity contribution in [2.45, 2.75) is 56.6 Å². The summed E-state index contributed by atoms with van der Waals surface area (Å²) in [6, 6.07) is 5.78. The number of fused-ring (bicyclic) bond motifs is 3. The van der Waals surface area contributed by atoms with Crippen LogP contribution in [-0.2, 0) is 4.74 Å². The highest BCUT2D eigenvalue weighted by Gasteiger charge is 2.47. The summed E-state index contributed by atoms with van der Waals surface area (Å²) in [5.41, 5.74) is -1.54. The molecule has 4 heterocycles. The van der Waals surface area contributed by atoms with Gasteiger partial charge in [0.1, 0.15) is 40.0 Å². The van der Waals surface area contributed by atoms with Crippen molar-refractivity contribution in [3.05, 3.63) is 60.1 Å². The number of likely N-dealkylation sites (tertiary alicyclic amines) is 1. The minimum Gasteiger partial charge on any atom is -0.508 e. The molecule has 11 heteroatoms. The summed E-state index contributed by atoms with van der Waals surface area (Å²) in [4.78, 5) is 18.1. The molecule has 2 saturated heterocycles. The molecule has 3 atom stereocenters. The summed E-state index contributed by atoms with van der Waals surface area (Å²) in [6.45, 7) is 5.54. The molecule has 2 aliphatic heterocycles. The van der Waals surface area contributed by atoms with Gasteiger partial charge in [0.05, 0.1) is 24.1 Å². The monoisotopic (exact) mass is 657 g/mol. The molecule has 0 radical (unpaired) electrons. The predicted molar refractivity (Wildman–Crippen MR) is 179 cm³/mol. The van der Waals surface area contributed by atoms with E-state index in [2.05, 4.69) is 34.4 Å². The fraction of sp³-hybridized carbons (Fsp3) is 0.432. The minimum atomic E-state index is -1.26. The van der Waals surface area contributed by atoms with Crippen molar-refractivity contribution in [2.24, 2.45) is 5.41 Å². The van der Waals surface area contributed by atoms with Gasteiger partial charge in [0.15, 0.2) is 5.82 Å². The van der Waals surface area contributed by atoms with E-state index in [-0.39, 0.29) is 56.8 Å². The summed E-state index contributed by atoms with van der Waals surface area (Å²) in [7, 11) is 3.60. The van der Waals surface area contributed by atoms with Gasteiger partial charge in [0, 0.05) is 42.3 Å². The molecule has 1 aliphatic carbocycles. The van der Waals surface area contributed by atoms with E-state index < -0.39 is 23.1 Å². The molecule has 1 N–H and O–H groups in total. The molecule has 0 spiro atoms. The van der Waals surface area contributed by atoms with Gasteiger partial charge in [-0.3, -0.25) is 4.98 Å². The Morgan fingerprint density at radius 2 is 1.94 bits per heavy atom. The van der Waals surface area contributed by atoms with E-state index in [4.69, 9.17) is 20.9 Å². The van der Waals surface area contributed by atoms with Crippen LogP contribution in [0.15, 0.2) is 42.9 Å². The third-order valence-corrected chi connectivity index (χ3v) is 10.8. The van der Waals surface area contributed by atoms with Gasteiger partial charge in [-0.15, -0.1) is 6.42 Å². The lowest BCUT2D eigenvalue weighted by atomic mass is 9.76. The number of pyridine rings is 1. The first kappa shape index (κ1) is 32.2. The number of phenolic OH excluding ortho intramolecular Hbond substituents is 1. The molecular weight excluding hydrogens is 619 g/mol. The number of aromatic hydroxyl groups is 1. The molecule has 48 heavy (non-hydrogen) atoms. The Morgan fingerprint density at radius 3 is 2.71 bits per heavy atom. The van der Waals surface area contributed by atoms with Crippen LogP contribution < -0.4 is 9.64 Å². The maximum Gasteiger partial charge on any atom is 0.319 e. The van der Waals surface area contributed by atoms with Crippen molar-refractivity contribution in [1.82, 2.24) is 19.9 Å². The average Bonchev–Trinajstić information content (AvgIpc) is 3.53. The van der Waals surface area contributed by atoms with Crippen molar-refractivity contribution in [1.29, 1.82) is 0 Å². The number of rotatable bonds is 7. The van der Waals surface area contributed by atoms with E-state index in [0.29, 0.717) is 43.2 Å². The van der Waals surface area contributed by atoms with Gasteiger partial charge >= 0.3 is 6.01 Å². The first-order valence-electron chi connectivity index (χ1n) is 16.4. The third-order valence-electron chi connectivity index (χ3n) is 10.8. The van der Waals surface area contributed by atoms with Crippen LogP contribution in [0.4, 0.5) is 19.0 Å². The number of benzene rings is 2.